The van der Waals surface area contributed by atoms with E-state index in [0.29, 0.717) is 31.6 Å². The summed E-state index contributed by atoms with van der Waals surface area (Å²) in [6.07, 6.45) is 2.35. The van der Waals surface area contributed by atoms with E-state index in [9.17, 15) is 0 Å². The molecule has 1 heterocycles. The van der Waals surface area contributed by atoms with Gasteiger partial charge in [-0.3, -0.25) is 4.90 Å². The highest BCUT2D eigenvalue weighted by Crippen LogP contribution is 2.24. The van der Waals surface area contributed by atoms with Crippen molar-refractivity contribution in [3.8, 4) is 0 Å². The number of nitrogens with zero attached hydrogens (tertiary/aromatic N) is 1. The Hall–Kier alpha value is -0.160. The Labute approximate surface area is 98.5 Å². The summed E-state index contributed by atoms with van der Waals surface area (Å²) in [5.41, 5.74) is 0. The number of piperidine rings is 1. The van der Waals surface area contributed by atoms with E-state index in [1.807, 2.05) is 6.92 Å². The van der Waals surface area contributed by atoms with Gasteiger partial charge in [-0.1, -0.05) is 0 Å². The van der Waals surface area contributed by atoms with Gasteiger partial charge in [-0.2, -0.15) is 0 Å². The SMILES string of the molecule is CCOCOC1C[C@@H](C)N(CCO)[C@@H](C)C1. The van der Waals surface area contributed by atoms with Crippen LogP contribution in [-0.2, 0) is 9.47 Å². The second-order valence-corrected chi connectivity index (χ2v) is 4.53. The zero-order chi connectivity index (χ0) is 12.0. The second kappa shape index (κ2) is 7.22. The molecule has 1 unspecified atom stereocenters. The molecule has 1 fully saturated rings. The normalized spacial score (nSPS) is 31.9. The van der Waals surface area contributed by atoms with Crippen LogP contribution in [0.5, 0.6) is 0 Å². The first kappa shape index (κ1) is 13.9. The van der Waals surface area contributed by atoms with Crippen LogP contribution < -0.4 is 0 Å². The molecule has 1 aliphatic heterocycles. The molecule has 0 bridgehead atoms. The Morgan fingerprint density at radius 1 is 1.25 bits per heavy atom. The van der Waals surface area contributed by atoms with E-state index in [0.717, 1.165) is 19.4 Å². The lowest BCUT2D eigenvalue weighted by atomic mass is 9.95. The maximum atomic E-state index is 9.00. The molecule has 3 atom stereocenters. The number of ether oxygens (including phenoxy) is 2. The Kier molecular flexibility index (Phi) is 6.28. The topological polar surface area (TPSA) is 41.9 Å². The van der Waals surface area contributed by atoms with Crippen LogP contribution in [-0.4, -0.2) is 54.7 Å². The summed E-state index contributed by atoms with van der Waals surface area (Å²) >= 11 is 0. The Balaban J connectivity index is 2.33. The fourth-order valence-corrected chi connectivity index (χ4v) is 2.48. The van der Waals surface area contributed by atoms with Crippen molar-refractivity contribution in [3.63, 3.8) is 0 Å². The van der Waals surface area contributed by atoms with Gasteiger partial charge in [0.2, 0.25) is 0 Å². The van der Waals surface area contributed by atoms with Crippen molar-refractivity contribution in [2.75, 3.05) is 26.6 Å². The molecule has 4 nitrogen and oxygen atoms in total. The van der Waals surface area contributed by atoms with Crippen LogP contribution in [0, 0.1) is 0 Å². The molecule has 0 radical (unpaired) electrons. The summed E-state index contributed by atoms with van der Waals surface area (Å²) in [6.45, 7) is 8.47. The smallest absolute Gasteiger partial charge is 0.147 e. The molecule has 0 aliphatic carbocycles. The van der Waals surface area contributed by atoms with E-state index in [1.54, 1.807) is 0 Å². The summed E-state index contributed by atoms with van der Waals surface area (Å²) in [5, 5.41) is 9.00. The van der Waals surface area contributed by atoms with Crippen LogP contribution in [0.4, 0.5) is 0 Å². The van der Waals surface area contributed by atoms with Gasteiger partial charge in [0.05, 0.1) is 12.7 Å². The zero-order valence-corrected chi connectivity index (χ0v) is 10.7. The minimum Gasteiger partial charge on any atom is -0.395 e. The third-order valence-electron chi connectivity index (χ3n) is 3.29. The van der Waals surface area contributed by atoms with E-state index in [2.05, 4.69) is 18.7 Å². The fourth-order valence-electron chi connectivity index (χ4n) is 2.48. The van der Waals surface area contributed by atoms with Crippen molar-refractivity contribution >= 4 is 0 Å². The molecule has 16 heavy (non-hydrogen) atoms. The van der Waals surface area contributed by atoms with E-state index >= 15 is 0 Å². The molecule has 4 heteroatoms. The molecule has 1 rings (SSSR count). The van der Waals surface area contributed by atoms with E-state index in [1.165, 1.54) is 0 Å². The maximum Gasteiger partial charge on any atom is 0.147 e. The van der Waals surface area contributed by atoms with Gasteiger partial charge in [-0.15, -0.1) is 0 Å². The van der Waals surface area contributed by atoms with Crippen LogP contribution in [0.25, 0.3) is 0 Å². The summed E-state index contributed by atoms with van der Waals surface area (Å²) in [6, 6.07) is 0.949. The number of β-amino-alcohol motifs (C(OH)–C–C–N with tert-alkyl or cyclic N) is 1. The second-order valence-electron chi connectivity index (χ2n) is 4.53. The van der Waals surface area contributed by atoms with Crippen LogP contribution in [0.1, 0.15) is 33.6 Å². The predicted molar refractivity (Wildman–Crippen MR) is 63.3 cm³/mol. The largest absolute Gasteiger partial charge is 0.395 e. The van der Waals surface area contributed by atoms with E-state index in [-0.39, 0.29) is 6.61 Å². The molecule has 0 spiro atoms. The van der Waals surface area contributed by atoms with Gasteiger partial charge in [0.1, 0.15) is 6.79 Å². The molecular weight excluding hydrogens is 206 g/mol. The molecule has 1 N–H and O–H groups in total. The summed E-state index contributed by atoms with van der Waals surface area (Å²) in [5.74, 6) is 0. The highest BCUT2D eigenvalue weighted by Gasteiger charge is 2.30. The number of hydrogen-bond donors (Lipinski definition) is 1. The minimum atomic E-state index is 0.235. The van der Waals surface area contributed by atoms with Gasteiger partial charge in [0, 0.05) is 25.2 Å². The first-order valence-electron chi connectivity index (χ1n) is 6.25. The van der Waals surface area contributed by atoms with Crippen molar-refractivity contribution in [2.24, 2.45) is 0 Å². The number of aliphatic hydroxyl groups excluding tert-OH is 1. The van der Waals surface area contributed by atoms with Crippen LogP contribution in [0.15, 0.2) is 0 Å². The summed E-state index contributed by atoms with van der Waals surface area (Å²) in [7, 11) is 0. The summed E-state index contributed by atoms with van der Waals surface area (Å²) in [4.78, 5) is 2.35. The lowest BCUT2D eigenvalue weighted by molar-refractivity contribution is -0.116. The first-order chi connectivity index (χ1) is 7.69. The van der Waals surface area contributed by atoms with Crippen molar-refractivity contribution in [3.05, 3.63) is 0 Å². The van der Waals surface area contributed by atoms with Gasteiger partial charge in [0.25, 0.3) is 0 Å². The van der Waals surface area contributed by atoms with Gasteiger partial charge in [-0.05, 0) is 33.6 Å². The van der Waals surface area contributed by atoms with E-state index < -0.39 is 0 Å². The average Bonchev–Trinajstić information content (AvgIpc) is 2.24. The van der Waals surface area contributed by atoms with Crippen molar-refractivity contribution in [1.82, 2.24) is 4.90 Å². The van der Waals surface area contributed by atoms with E-state index in [4.69, 9.17) is 14.6 Å². The molecule has 1 aliphatic rings. The molecule has 0 aromatic heterocycles. The minimum absolute atomic E-state index is 0.235. The third-order valence-corrected chi connectivity index (χ3v) is 3.29. The van der Waals surface area contributed by atoms with Gasteiger partial charge in [0.15, 0.2) is 0 Å². The Bertz CT molecular complexity index is 177. The van der Waals surface area contributed by atoms with Crippen molar-refractivity contribution < 1.29 is 14.6 Å². The quantitative estimate of drug-likeness (QED) is 0.551. The number of aliphatic hydroxyl groups is 1. The van der Waals surface area contributed by atoms with Crippen LogP contribution in [0.2, 0.25) is 0 Å². The van der Waals surface area contributed by atoms with Crippen LogP contribution in [0.3, 0.4) is 0 Å². The molecule has 0 aromatic rings. The zero-order valence-electron chi connectivity index (χ0n) is 10.7. The molecule has 96 valence electrons. The summed E-state index contributed by atoms with van der Waals surface area (Å²) < 4.78 is 10.9. The van der Waals surface area contributed by atoms with Crippen LogP contribution >= 0.6 is 0 Å². The van der Waals surface area contributed by atoms with Gasteiger partial charge in [-0.25, -0.2) is 0 Å². The predicted octanol–water partition coefficient (Wildman–Crippen LogP) is 1.23. The fraction of sp³-hybridized carbons (Fsp3) is 1.00. The maximum absolute atomic E-state index is 9.00. The highest BCUT2D eigenvalue weighted by molar-refractivity contribution is 4.84. The average molecular weight is 231 g/mol. The third kappa shape index (κ3) is 4.01. The van der Waals surface area contributed by atoms with Crippen molar-refractivity contribution in [2.45, 2.75) is 51.8 Å². The molecule has 1 saturated heterocycles. The lowest BCUT2D eigenvalue weighted by Gasteiger charge is -2.42. The lowest BCUT2D eigenvalue weighted by Crippen LogP contribution is -2.49. The monoisotopic (exact) mass is 231 g/mol. The Morgan fingerprint density at radius 3 is 2.38 bits per heavy atom. The number of hydrogen-bond acceptors (Lipinski definition) is 4. The molecule has 0 saturated carbocycles. The molecule has 0 amide bonds. The molecule has 0 aromatic carbocycles. The highest BCUT2D eigenvalue weighted by atomic mass is 16.7. The number of likely N-dealkylation sites (tertiary alicyclic amines) is 1. The number of rotatable bonds is 6. The Morgan fingerprint density at radius 2 is 1.88 bits per heavy atom. The standard InChI is InChI=1S/C12H25NO3/c1-4-15-9-16-12-7-10(2)13(5-6-14)11(3)8-12/h10-12,14H,4-9H2,1-3H3/t10-,11+,12?. The van der Waals surface area contributed by atoms with Crippen molar-refractivity contribution in [1.29, 1.82) is 0 Å². The van der Waals surface area contributed by atoms with Gasteiger partial charge >= 0.3 is 0 Å². The first-order valence-corrected chi connectivity index (χ1v) is 6.25. The molecular formula is C12H25NO3. The van der Waals surface area contributed by atoms with Gasteiger partial charge < -0.3 is 14.6 Å².